The zero-order chi connectivity index (χ0) is 21.4. The minimum Gasteiger partial charge on any atom is -0.395 e. The van der Waals surface area contributed by atoms with Gasteiger partial charge in [-0.1, -0.05) is 42.1 Å². The van der Waals surface area contributed by atoms with Gasteiger partial charge in [0.25, 0.3) is 0 Å². The highest BCUT2D eigenvalue weighted by Crippen LogP contribution is 2.42. The fourth-order valence-electron chi connectivity index (χ4n) is 3.28. The third-order valence-corrected chi connectivity index (χ3v) is 5.50. The van der Waals surface area contributed by atoms with Crippen LogP contribution in [0.25, 0.3) is 16.7 Å². The van der Waals surface area contributed by atoms with Crippen molar-refractivity contribution in [3.05, 3.63) is 72.8 Å². The first-order valence-corrected chi connectivity index (χ1v) is 10.3. The molecule has 1 aliphatic heterocycles. The number of alkyl halides is 2. The van der Waals surface area contributed by atoms with Gasteiger partial charge in [0.05, 0.1) is 16.8 Å². The highest BCUT2D eigenvalue weighted by molar-refractivity contribution is 7.99. The number of benzene rings is 3. The lowest BCUT2D eigenvalue weighted by molar-refractivity contribution is -0.286. The molecule has 0 atom stereocenters. The summed E-state index contributed by atoms with van der Waals surface area (Å²) >= 11 is 1.28. The third kappa shape index (κ3) is 3.91. The number of nitrogens with zero attached hydrogens (tertiary/aromatic N) is 2. The van der Waals surface area contributed by atoms with Gasteiger partial charge in [-0.2, -0.15) is 0 Å². The van der Waals surface area contributed by atoms with Crippen molar-refractivity contribution < 1.29 is 23.0 Å². The zero-order valence-corrected chi connectivity index (χ0v) is 16.7. The summed E-state index contributed by atoms with van der Waals surface area (Å²) in [5.74, 6) is -0.418. The summed E-state index contributed by atoms with van der Waals surface area (Å²) in [4.78, 5) is 17.1. The van der Waals surface area contributed by atoms with E-state index in [2.05, 4.69) is 19.8 Å². The van der Waals surface area contributed by atoms with Crippen LogP contribution in [0.15, 0.2) is 78.0 Å². The summed E-state index contributed by atoms with van der Waals surface area (Å²) in [5.41, 5.74) is 3.04. The van der Waals surface area contributed by atoms with Gasteiger partial charge >= 0.3 is 6.29 Å². The fourth-order valence-corrected chi connectivity index (χ4v) is 4.11. The number of halogens is 2. The molecule has 4 aromatic rings. The Morgan fingerprint density at radius 3 is 2.58 bits per heavy atom. The number of aromatic nitrogens is 2. The lowest BCUT2D eigenvalue weighted by Gasteiger charge is -2.09. The molecule has 5 rings (SSSR count). The molecule has 1 amide bonds. The molecule has 3 aromatic carbocycles. The van der Waals surface area contributed by atoms with Gasteiger partial charge in [-0.3, -0.25) is 9.36 Å². The largest absolute Gasteiger partial charge is 0.586 e. The van der Waals surface area contributed by atoms with Crippen molar-refractivity contribution in [2.24, 2.45) is 0 Å². The van der Waals surface area contributed by atoms with Crippen LogP contribution in [0.4, 0.5) is 14.5 Å². The molecule has 2 heterocycles. The molecule has 9 heteroatoms. The normalized spacial score (nSPS) is 14.0. The quantitative estimate of drug-likeness (QED) is 0.440. The fraction of sp³-hybridized carbons (Fsp3) is 0.0909. The number of anilines is 1. The highest BCUT2D eigenvalue weighted by Gasteiger charge is 2.43. The minimum absolute atomic E-state index is 0.0750. The predicted octanol–water partition coefficient (Wildman–Crippen LogP) is 5.08. The van der Waals surface area contributed by atoms with Crippen LogP contribution < -0.4 is 14.8 Å². The molecule has 0 saturated heterocycles. The maximum Gasteiger partial charge on any atom is 0.586 e. The van der Waals surface area contributed by atoms with Crippen molar-refractivity contribution in [3.8, 4) is 17.2 Å². The van der Waals surface area contributed by atoms with E-state index in [1.165, 1.54) is 30.0 Å². The Bertz CT molecular complexity index is 1280. The van der Waals surface area contributed by atoms with E-state index in [1.807, 2.05) is 59.2 Å². The number of hydrogen-bond donors (Lipinski definition) is 1. The molecule has 1 aromatic heterocycles. The number of hydrogen-bond acceptors (Lipinski definition) is 5. The lowest BCUT2D eigenvalue weighted by Crippen LogP contribution is -2.25. The molecule has 0 aliphatic carbocycles. The number of thioether (sulfide) groups is 1. The topological polar surface area (TPSA) is 65.4 Å². The minimum atomic E-state index is -3.70. The second-order valence-electron chi connectivity index (χ2n) is 6.72. The summed E-state index contributed by atoms with van der Waals surface area (Å²) in [6.07, 6.45) is -3.70. The Morgan fingerprint density at radius 2 is 1.74 bits per heavy atom. The monoisotopic (exact) mass is 439 g/mol. The molecular formula is C22H15F2N3O3S. The second kappa shape index (κ2) is 7.59. The molecule has 1 N–H and O–H groups in total. The average molecular weight is 439 g/mol. The van der Waals surface area contributed by atoms with Crippen molar-refractivity contribution in [2.75, 3.05) is 11.1 Å². The maximum absolute atomic E-state index is 13.2. The van der Waals surface area contributed by atoms with Gasteiger partial charge in [-0.15, -0.1) is 8.78 Å². The molecule has 0 fully saturated rings. The van der Waals surface area contributed by atoms with Crippen molar-refractivity contribution in [1.82, 2.24) is 9.55 Å². The van der Waals surface area contributed by atoms with Crippen molar-refractivity contribution in [1.29, 1.82) is 0 Å². The second-order valence-corrected chi connectivity index (χ2v) is 7.66. The van der Waals surface area contributed by atoms with Crippen LogP contribution in [0.1, 0.15) is 0 Å². The van der Waals surface area contributed by atoms with Gasteiger partial charge in [-0.25, -0.2) is 4.98 Å². The first-order valence-electron chi connectivity index (χ1n) is 9.34. The van der Waals surface area contributed by atoms with Crippen LogP contribution in [-0.2, 0) is 4.79 Å². The van der Waals surface area contributed by atoms with E-state index >= 15 is 0 Å². The molecule has 1 aliphatic rings. The Balaban J connectivity index is 1.33. The van der Waals surface area contributed by atoms with E-state index in [9.17, 15) is 13.6 Å². The van der Waals surface area contributed by atoms with E-state index in [0.29, 0.717) is 10.8 Å². The average Bonchev–Trinajstić information content (AvgIpc) is 3.28. The summed E-state index contributed by atoms with van der Waals surface area (Å²) in [6.45, 7) is 0. The van der Waals surface area contributed by atoms with Crippen LogP contribution in [0.2, 0.25) is 0 Å². The van der Waals surface area contributed by atoms with Gasteiger partial charge in [0.2, 0.25) is 5.91 Å². The predicted molar refractivity (Wildman–Crippen MR) is 113 cm³/mol. The highest BCUT2D eigenvalue weighted by atomic mass is 32.2. The van der Waals surface area contributed by atoms with E-state index < -0.39 is 6.29 Å². The van der Waals surface area contributed by atoms with Crippen molar-refractivity contribution in [3.63, 3.8) is 0 Å². The molecule has 6 nitrogen and oxygen atoms in total. The summed E-state index contributed by atoms with van der Waals surface area (Å²) in [5, 5.41) is 3.36. The number of fused-ring (bicyclic) bond motifs is 2. The van der Waals surface area contributed by atoms with Gasteiger partial charge in [0, 0.05) is 17.4 Å². The first-order chi connectivity index (χ1) is 15.0. The van der Waals surface area contributed by atoms with Crippen LogP contribution in [0.3, 0.4) is 0 Å². The van der Waals surface area contributed by atoms with E-state index in [-0.39, 0.29) is 23.2 Å². The number of ether oxygens (including phenoxy) is 2. The summed E-state index contributed by atoms with van der Waals surface area (Å²) in [7, 11) is 0. The SMILES string of the molecule is O=C(CSc1nc2ccccc2n1-c1ccccc1)Nc1ccc2c(c1)OC(F)(F)O2. The Labute approximate surface area is 179 Å². The molecule has 31 heavy (non-hydrogen) atoms. The smallest absolute Gasteiger partial charge is 0.395 e. The third-order valence-electron chi connectivity index (χ3n) is 4.56. The zero-order valence-electron chi connectivity index (χ0n) is 15.9. The number of nitrogens with one attached hydrogen (secondary N) is 1. The molecule has 156 valence electrons. The molecule has 0 saturated carbocycles. The standard InChI is InChI=1S/C22H15F2N3O3S/c23-22(24)29-18-11-10-14(12-19(18)30-22)25-20(28)13-31-21-26-16-8-4-5-9-17(16)27(21)15-6-2-1-3-7-15/h1-12H,13H2,(H,25,28). The van der Waals surface area contributed by atoms with Crippen molar-refractivity contribution in [2.45, 2.75) is 11.5 Å². The summed E-state index contributed by atoms with van der Waals surface area (Å²) in [6, 6.07) is 21.6. The number of amides is 1. The van der Waals surface area contributed by atoms with E-state index in [0.717, 1.165) is 16.7 Å². The maximum atomic E-state index is 13.2. The van der Waals surface area contributed by atoms with Gasteiger partial charge in [0.1, 0.15) is 0 Å². The Hall–Kier alpha value is -3.59. The molecule has 0 spiro atoms. The molecule has 0 bridgehead atoms. The van der Waals surface area contributed by atoms with Gasteiger partial charge in [0.15, 0.2) is 16.7 Å². The van der Waals surface area contributed by atoms with Gasteiger partial charge in [-0.05, 0) is 36.4 Å². The summed E-state index contributed by atoms with van der Waals surface area (Å²) < 4.78 is 37.1. The lowest BCUT2D eigenvalue weighted by atomic mass is 10.3. The number of carbonyl (C=O) groups is 1. The Kier molecular flexibility index (Phi) is 4.74. The van der Waals surface area contributed by atoms with Crippen molar-refractivity contribution >= 4 is 34.4 Å². The Morgan fingerprint density at radius 1 is 1.00 bits per heavy atom. The van der Waals surface area contributed by atoms with Gasteiger partial charge < -0.3 is 14.8 Å². The number of para-hydroxylation sites is 3. The van der Waals surface area contributed by atoms with Crippen LogP contribution in [0.5, 0.6) is 11.5 Å². The van der Waals surface area contributed by atoms with E-state index in [1.54, 1.807) is 0 Å². The van der Waals surface area contributed by atoms with Crippen LogP contribution >= 0.6 is 11.8 Å². The van der Waals surface area contributed by atoms with E-state index in [4.69, 9.17) is 0 Å². The molecule has 0 unspecified atom stereocenters. The number of imidazole rings is 1. The first kappa shape index (κ1) is 19.4. The number of rotatable bonds is 5. The molecular weight excluding hydrogens is 424 g/mol. The van der Waals surface area contributed by atoms with Crippen LogP contribution in [0, 0.1) is 0 Å². The van der Waals surface area contributed by atoms with Crippen LogP contribution in [-0.4, -0.2) is 27.5 Å². The number of carbonyl (C=O) groups excluding carboxylic acids is 1. The molecule has 0 radical (unpaired) electrons.